The zero-order valence-electron chi connectivity index (χ0n) is 75.5. The van der Waals surface area contributed by atoms with Crippen molar-refractivity contribution in [2.45, 2.75) is 167 Å². The summed E-state index contributed by atoms with van der Waals surface area (Å²) in [5.41, 5.74) is 14.0. The van der Waals surface area contributed by atoms with Crippen molar-refractivity contribution in [1.29, 1.82) is 0 Å². The van der Waals surface area contributed by atoms with Crippen LogP contribution >= 0.6 is 57.7 Å². The van der Waals surface area contributed by atoms with Crippen LogP contribution in [0.1, 0.15) is 188 Å². The number of anilines is 6. The molecule has 0 bridgehead atoms. The maximum absolute atomic E-state index is 13.0. The number of thiophene rings is 1. The molecule has 0 unspecified atom stereocenters. The number of nitrogens with one attached hydrogen (secondary N) is 5. The van der Waals surface area contributed by atoms with Crippen molar-refractivity contribution in [3.8, 4) is 39.1 Å². The highest BCUT2D eigenvalue weighted by Crippen LogP contribution is 2.47. The number of carbonyl (C=O) groups is 3. The third-order valence-electron chi connectivity index (χ3n) is 22.6. The van der Waals surface area contributed by atoms with Crippen molar-refractivity contribution in [3.05, 3.63) is 220 Å². The standard InChI is InChI=1S/C28H31N7O3.C24H30ClN7O.C22H23ClN4OS.C21H19Cl2N3O3/c1-7-35-22(12-19(33-35)16-8-9-16)30-27-24-17-11-21(37-6)18(23-14(4)34-38-15(23)5)10-20(17)29-26(24)31-28(32-27)25(36)13(2)3;1-15(2)31-8-10-32(11-9-31)22-13-18(27-17(4)28-22)12-21-26-14-20(29-21)24(33)30-23-16(3)6-5-7-19(23)25;1-11(2)18(28)10-17-21-26-25-14(5)27(21)22-19(12(3)13(4)29-22)20(24-17)15-6-8-16(23)9-7-15;1-11(2)29-20-8-15-12(6-19(20)28-5)21(17(24-3)10-25-15)26-16-9-18(27-4)14(23)7-13(16)22/h10-13,16H,7-9H2,1-6H3,(H2,29,30,31,32);5-7,13-15H,8-12H2,1-4H3,(H,26,29)(H,30,33);6-9,11,17H,10H2,1-5H3;6-11H,1-2,4-5H3,(H,25,26)/t;;17-;/m..0./s1. The zero-order chi connectivity index (χ0) is 92.2. The molecule has 17 rings (SSSR count). The zero-order valence-corrected chi connectivity index (χ0v) is 79.3. The summed E-state index contributed by atoms with van der Waals surface area (Å²) in [6, 6.07) is 28.3. The third kappa shape index (κ3) is 20.4. The van der Waals surface area contributed by atoms with Crippen molar-refractivity contribution in [2.75, 3.05) is 68.4 Å². The lowest BCUT2D eigenvalue weighted by Crippen LogP contribution is -2.49. The van der Waals surface area contributed by atoms with E-state index in [2.05, 4.69) is 126 Å². The van der Waals surface area contributed by atoms with Crippen molar-refractivity contribution in [2.24, 2.45) is 16.8 Å². The van der Waals surface area contributed by atoms with Crippen LogP contribution in [-0.4, -0.2) is 157 Å². The van der Waals surface area contributed by atoms with Gasteiger partial charge in [0.25, 0.3) is 5.91 Å². The molecule has 1 saturated carbocycles. The first-order chi connectivity index (χ1) is 61.7. The van der Waals surface area contributed by atoms with Gasteiger partial charge in [-0.15, -0.1) is 21.5 Å². The molecule has 129 heavy (non-hydrogen) atoms. The number of piperazine rings is 1. The highest BCUT2D eigenvalue weighted by molar-refractivity contribution is 7.15. The monoisotopic (exact) mass is 1840 g/mol. The molecule has 29 nitrogen and oxygen atoms in total. The Morgan fingerprint density at radius 1 is 0.721 bits per heavy atom. The van der Waals surface area contributed by atoms with Crippen molar-refractivity contribution >= 4 is 154 Å². The van der Waals surface area contributed by atoms with Crippen LogP contribution in [0.25, 0.3) is 53.8 Å². The molecule has 34 heteroatoms. The molecule has 670 valence electrons. The van der Waals surface area contributed by atoms with E-state index < -0.39 is 0 Å². The number of para-hydroxylation sites is 1. The lowest BCUT2D eigenvalue weighted by molar-refractivity contribution is -0.122. The average molecular weight is 1840 g/mol. The summed E-state index contributed by atoms with van der Waals surface area (Å²) in [5.74, 6) is 8.39. The van der Waals surface area contributed by atoms with Crippen LogP contribution in [-0.2, 0) is 17.8 Å². The van der Waals surface area contributed by atoms with Gasteiger partial charge in [0, 0.05) is 143 Å². The number of ether oxygens (including phenoxy) is 4. The summed E-state index contributed by atoms with van der Waals surface area (Å²) in [6.07, 6.45) is 6.14. The number of methoxy groups -OCH3 is 3. The largest absolute Gasteiger partial charge is 0.496 e. The Morgan fingerprint density at radius 3 is 2.10 bits per heavy atom. The maximum atomic E-state index is 13.0. The second-order valence-corrected chi connectivity index (χ2v) is 35.9. The summed E-state index contributed by atoms with van der Waals surface area (Å²) in [7, 11) is 4.73. The fourth-order valence-electron chi connectivity index (χ4n) is 15.4. The fourth-order valence-corrected chi connectivity index (χ4v) is 17.5. The normalized spacial score (nSPS) is 13.7. The number of imidazole rings is 1. The number of H-pyrrole nitrogens is 2. The number of fused-ring (bicyclic) bond motifs is 7. The van der Waals surface area contributed by atoms with Gasteiger partial charge in [-0.25, -0.2) is 34.4 Å². The van der Waals surface area contributed by atoms with E-state index in [1.807, 2.05) is 135 Å². The Balaban J connectivity index is 0.000000140. The maximum Gasteiger partial charge on any atom is 0.273 e. The second kappa shape index (κ2) is 39.7. The lowest BCUT2D eigenvalue weighted by atomic mass is 9.98. The number of rotatable bonds is 24. The highest BCUT2D eigenvalue weighted by atomic mass is 35.5. The van der Waals surface area contributed by atoms with Crippen LogP contribution in [0.2, 0.25) is 20.1 Å². The smallest absolute Gasteiger partial charge is 0.273 e. The number of aromatic nitrogens is 14. The third-order valence-corrected chi connectivity index (χ3v) is 25.0. The van der Waals surface area contributed by atoms with Crippen LogP contribution < -0.4 is 39.8 Å². The number of aliphatic imine (C=N–C) groups is 1. The van der Waals surface area contributed by atoms with E-state index in [1.54, 1.807) is 55.9 Å². The molecular formula is C95H103Cl4N21O8S. The van der Waals surface area contributed by atoms with E-state index in [0.717, 1.165) is 127 Å². The van der Waals surface area contributed by atoms with E-state index in [4.69, 9.17) is 91.5 Å². The minimum absolute atomic E-state index is 0.0261. The van der Waals surface area contributed by atoms with E-state index in [0.29, 0.717) is 137 Å². The number of benzene rings is 5. The Morgan fingerprint density at radius 2 is 1.45 bits per heavy atom. The van der Waals surface area contributed by atoms with Crippen LogP contribution in [0.3, 0.4) is 0 Å². The van der Waals surface area contributed by atoms with Gasteiger partial charge < -0.3 is 54.3 Å². The fraction of sp³-hybridized carbons (Fsp3) is 0.358. The van der Waals surface area contributed by atoms with Crippen molar-refractivity contribution < 1.29 is 37.9 Å². The number of halogens is 4. The SMILES string of the molecule is CCn1nc(C2CC2)cc1Nc1nc(C(=O)C(C)C)nc2[nH]c3cc(-c4c(C)noc4C)c(OC)cc3c12.Cc1nc(Cc2ncc(C(=O)Nc3c(C)cccc3Cl)[nH]2)cc(N2CCN(C(C)C)CC2)n1.Cc1sc2c(c1C)C(c1ccc(Cl)cc1)=N[C@@H](CC(=O)C(C)C)c1nnc(C)n1-2.[C-]#[N+]c1cnc2cc(OC(C)C)c(OC)cc2c1Nc1cc(OC)c(Cl)cc1Cl. The van der Waals surface area contributed by atoms with Gasteiger partial charge in [0.2, 0.25) is 11.5 Å². The van der Waals surface area contributed by atoms with Crippen LogP contribution in [0, 0.1) is 66.9 Å². The molecule has 5 aromatic carbocycles. The minimum Gasteiger partial charge on any atom is -0.496 e. The molecule has 1 saturated heterocycles. The van der Waals surface area contributed by atoms with E-state index in [1.165, 1.54) is 42.8 Å². The molecule has 1 amide bonds. The van der Waals surface area contributed by atoms with Gasteiger partial charge in [0.05, 0.1) is 112 Å². The van der Waals surface area contributed by atoms with Crippen LogP contribution in [0.5, 0.6) is 23.0 Å². The Hall–Kier alpha value is -12.4. The Labute approximate surface area is 772 Å². The molecule has 1 atom stereocenters. The first kappa shape index (κ1) is 92.8. The minimum atomic E-state index is -0.379. The molecule has 3 aliphatic rings. The number of aryl methyl sites for hydroxylation is 7. The highest BCUT2D eigenvalue weighted by Gasteiger charge is 2.35. The average Bonchev–Trinajstić information content (AvgIpc) is 1.59. The molecule has 0 radical (unpaired) electrons. The molecule has 11 heterocycles. The predicted molar refractivity (Wildman–Crippen MR) is 511 cm³/mol. The Bertz CT molecular complexity index is 6610. The van der Waals surface area contributed by atoms with E-state index >= 15 is 0 Å². The quantitative estimate of drug-likeness (QED) is 0.0277. The van der Waals surface area contributed by atoms with Crippen molar-refractivity contribution in [1.82, 2.24) is 74.5 Å². The molecule has 0 spiro atoms. The van der Waals surface area contributed by atoms with Gasteiger partial charge in [0.1, 0.15) is 80.4 Å². The number of nitrogens with zero attached hydrogens (tertiary/aromatic N) is 16. The van der Waals surface area contributed by atoms with Crippen LogP contribution in [0.4, 0.5) is 40.2 Å². The molecular weight excluding hydrogens is 1740 g/mol. The number of pyridine rings is 1. The predicted octanol–water partition coefficient (Wildman–Crippen LogP) is 22.0. The summed E-state index contributed by atoms with van der Waals surface area (Å²) >= 11 is 26.5. The number of hydrogen-bond donors (Lipinski definition) is 5. The molecule has 1 aliphatic carbocycles. The Kier molecular flexibility index (Phi) is 28.6. The molecule has 9 aromatic heterocycles. The van der Waals surface area contributed by atoms with E-state index in [-0.39, 0.29) is 47.3 Å². The molecule has 2 aliphatic heterocycles. The number of amides is 1. The van der Waals surface area contributed by atoms with Gasteiger partial charge in [-0.1, -0.05) is 104 Å². The molecule has 14 aromatic rings. The number of ketones is 2. The van der Waals surface area contributed by atoms with Gasteiger partial charge >= 0.3 is 0 Å². The first-order valence-electron chi connectivity index (χ1n) is 42.7. The number of aromatic amines is 2. The van der Waals surface area contributed by atoms with E-state index in [9.17, 15) is 14.4 Å². The van der Waals surface area contributed by atoms with Gasteiger partial charge in [-0.05, 0) is 150 Å². The lowest BCUT2D eigenvalue weighted by Gasteiger charge is -2.37. The van der Waals surface area contributed by atoms with Gasteiger partial charge in [-0.2, -0.15) is 5.10 Å². The summed E-state index contributed by atoms with van der Waals surface area (Å²) < 4.78 is 31.8. The first-order valence-corrected chi connectivity index (χ1v) is 45.0. The molecule has 5 N–H and O–H groups in total. The number of hydrogen-bond acceptors (Lipinski definition) is 24. The number of carbonyl (C=O) groups excluding carboxylic acids is 3. The summed E-state index contributed by atoms with van der Waals surface area (Å²) in [4.78, 5) is 87.0. The second-order valence-electron chi connectivity index (χ2n) is 33.1. The topological polar surface area (TPSA) is 331 Å². The van der Waals surface area contributed by atoms with Gasteiger partial charge in [-0.3, -0.25) is 33.8 Å². The van der Waals surface area contributed by atoms with Crippen LogP contribution in [0.15, 0.2) is 113 Å². The summed E-state index contributed by atoms with van der Waals surface area (Å²) in [6.45, 7) is 43.9. The number of Topliss-reactive ketones (excluding diaryl/α,β-unsaturated/α-hetero) is 2. The van der Waals surface area contributed by atoms with Gasteiger partial charge in [0.15, 0.2) is 23.1 Å². The summed E-state index contributed by atoms with van der Waals surface area (Å²) in [5, 5.41) is 32.6. The van der Waals surface area contributed by atoms with Crippen molar-refractivity contribution in [3.63, 3.8) is 0 Å². The molecule has 2 fully saturated rings.